The SMILES string of the molecule is CCN1/C(=C/C2=CC(=C/c3oc4ccc5ccccc5c4[n+]3C)/CC(C)(C)C2)Sc2ccccc21. The number of allylic oxidation sites excluding steroid dienone is 4. The minimum absolute atomic E-state index is 0.192. The topological polar surface area (TPSA) is 20.3 Å². The number of rotatable bonds is 3. The van der Waals surface area contributed by atoms with Gasteiger partial charge < -0.3 is 9.32 Å². The van der Waals surface area contributed by atoms with Gasteiger partial charge in [0.25, 0.3) is 5.52 Å². The van der Waals surface area contributed by atoms with Crippen LogP contribution in [-0.4, -0.2) is 6.54 Å². The second-order valence-corrected chi connectivity index (χ2v) is 11.4. The number of oxazole rings is 1. The highest BCUT2D eigenvalue weighted by atomic mass is 32.2. The number of thioether (sulfide) groups is 1. The number of para-hydroxylation sites is 1. The molecular formula is C31H31N2OS+. The molecule has 6 rings (SSSR count). The second kappa shape index (κ2) is 8.46. The normalized spacial score (nSPS) is 19.7. The first-order valence-electron chi connectivity index (χ1n) is 12.4. The van der Waals surface area contributed by atoms with Crippen LogP contribution in [0.2, 0.25) is 0 Å². The zero-order valence-corrected chi connectivity index (χ0v) is 21.7. The Kier molecular flexibility index (Phi) is 5.37. The molecule has 0 atom stereocenters. The van der Waals surface area contributed by atoms with Gasteiger partial charge in [0, 0.05) is 11.4 Å². The summed E-state index contributed by atoms with van der Waals surface area (Å²) in [7, 11) is 2.11. The maximum atomic E-state index is 6.35. The Bertz CT molecular complexity index is 1550. The van der Waals surface area contributed by atoms with Gasteiger partial charge in [0.2, 0.25) is 5.58 Å². The van der Waals surface area contributed by atoms with Gasteiger partial charge in [-0.3, -0.25) is 0 Å². The molecule has 0 spiro atoms. The molecule has 0 radical (unpaired) electrons. The van der Waals surface area contributed by atoms with Gasteiger partial charge in [-0.15, -0.1) is 0 Å². The second-order valence-electron chi connectivity index (χ2n) is 10.4. The molecule has 35 heavy (non-hydrogen) atoms. The predicted molar refractivity (Wildman–Crippen MR) is 147 cm³/mol. The molecular weight excluding hydrogens is 448 g/mol. The number of aromatic nitrogens is 1. The molecule has 1 aromatic heterocycles. The Hall–Kier alpha value is -3.24. The molecule has 2 heterocycles. The van der Waals surface area contributed by atoms with Crippen molar-refractivity contribution in [3.63, 3.8) is 0 Å². The fourth-order valence-electron chi connectivity index (χ4n) is 5.58. The lowest BCUT2D eigenvalue weighted by Crippen LogP contribution is -2.29. The predicted octanol–water partition coefficient (Wildman–Crippen LogP) is 8.01. The summed E-state index contributed by atoms with van der Waals surface area (Å²) in [5.74, 6) is 0.894. The average molecular weight is 480 g/mol. The van der Waals surface area contributed by atoms with Crippen molar-refractivity contribution in [2.45, 2.75) is 38.5 Å². The molecule has 4 aromatic rings. The zero-order valence-electron chi connectivity index (χ0n) is 20.8. The standard InChI is InChI=1S/C31H31N2OS/c1-5-33-25-12-8-9-13-27(25)35-29(33)18-22-16-21(19-31(2,3)20-22)17-28-32(4)30-24-11-7-6-10-23(24)14-15-26(30)34-28/h6-18H,5,19-20H2,1-4H3/q+1. The number of aryl methyl sites for hydroxylation is 1. The van der Waals surface area contributed by atoms with Crippen molar-refractivity contribution in [2.24, 2.45) is 12.5 Å². The molecule has 1 aliphatic heterocycles. The molecule has 0 unspecified atom stereocenters. The van der Waals surface area contributed by atoms with Crippen LogP contribution in [0.5, 0.6) is 0 Å². The van der Waals surface area contributed by atoms with E-state index < -0.39 is 0 Å². The van der Waals surface area contributed by atoms with E-state index in [9.17, 15) is 0 Å². The first-order chi connectivity index (χ1) is 16.9. The minimum atomic E-state index is 0.192. The molecule has 0 N–H and O–H groups in total. The van der Waals surface area contributed by atoms with Crippen molar-refractivity contribution in [2.75, 3.05) is 11.4 Å². The number of anilines is 1. The molecule has 4 heteroatoms. The van der Waals surface area contributed by atoms with Crippen molar-refractivity contribution < 1.29 is 8.98 Å². The smallest absolute Gasteiger partial charge is 0.374 e. The maximum Gasteiger partial charge on any atom is 0.374 e. The van der Waals surface area contributed by atoms with Gasteiger partial charge in [-0.25, -0.2) is 0 Å². The number of benzene rings is 3. The lowest BCUT2D eigenvalue weighted by Gasteiger charge is -2.30. The van der Waals surface area contributed by atoms with Crippen molar-refractivity contribution in [3.05, 3.63) is 94.9 Å². The van der Waals surface area contributed by atoms with Crippen molar-refractivity contribution in [3.8, 4) is 0 Å². The maximum absolute atomic E-state index is 6.35. The number of fused-ring (bicyclic) bond motifs is 4. The first-order valence-corrected chi connectivity index (χ1v) is 13.2. The van der Waals surface area contributed by atoms with E-state index in [1.807, 2.05) is 11.8 Å². The fraction of sp³-hybridized carbons (Fsp3) is 0.258. The molecule has 3 nitrogen and oxygen atoms in total. The van der Waals surface area contributed by atoms with E-state index in [-0.39, 0.29) is 5.41 Å². The molecule has 0 amide bonds. The van der Waals surface area contributed by atoms with Gasteiger partial charge in [0.15, 0.2) is 0 Å². The lowest BCUT2D eigenvalue weighted by atomic mass is 9.75. The van der Waals surface area contributed by atoms with Gasteiger partial charge in [0.05, 0.1) is 22.2 Å². The highest BCUT2D eigenvalue weighted by molar-refractivity contribution is 8.03. The Morgan fingerprint density at radius 2 is 1.80 bits per heavy atom. The van der Waals surface area contributed by atoms with Gasteiger partial charge >= 0.3 is 5.89 Å². The van der Waals surface area contributed by atoms with E-state index in [1.54, 1.807) is 0 Å². The van der Waals surface area contributed by atoms with E-state index in [0.717, 1.165) is 36.4 Å². The fourth-order valence-corrected chi connectivity index (χ4v) is 6.78. The summed E-state index contributed by atoms with van der Waals surface area (Å²) in [6.45, 7) is 7.93. The Labute approximate surface area is 211 Å². The van der Waals surface area contributed by atoms with Crippen LogP contribution in [0.25, 0.3) is 27.9 Å². The van der Waals surface area contributed by atoms with Crippen LogP contribution in [-0.2, 0) is 7.05 Å². The van der Waals surface area contributed by atoms with Crippen LogP contribution < -0.4 is 9.47 Å². The Morgan fingerprint density at radius 3 is 2.66 bits per heavy atom. The summed E-state index contributed by atoms with van der Waals surface area (Å²) in [6, 6.07) is 21.4. The number of hydrogen-bond donors (Lipinski definition) is 0. The minimum Gasteiger partial charge on any atom is -0.398 e. The summed E-state index contributed by atoms with van der Waals surface area (Å²) >= 11 is 1.88. The summed E-state index contributed by atoms with van der Waals surface area (Å²) in [6.07, 6.45) is 9.11. The summed E-state index contributed by atoms with van der Waals surface area (Å²) in [4.78, 5) is 3.77. The lowest BCUT2D eigenvalue weighted by molar-refractivity contribution is -0.651. The van der Waals surface area contributed by atoms with Crippen molar-refractivity contribution in [1.82, 2.24) is 0 Å². The highest BCUT2D eigenvalue weighted by Gasteiger charge is 2.29. The summed E-state index contributed by atoms with van der Waals surface area (Å²) in [5, 5.41) is 3.78. The molecule has 0 bridgehead atoms. The van der Waals surface area contributed by atoms with Crippen LogP contribution in [0.1, 0.15) is 39.5 Å². The van der Waals surface area contributed by atoms with E-state index >= 15 is 0 Å². The van der Waals surface area contributed by atoms with Gasteiger partial charge in [-0.05, 0) is 72.1 Å². The van der Waals surface area contributed by atoms with E-state index in [2.05, 4.69) is 116 Å². The van der Waals surface area contributed by atoms with E-state index in [1.165, 1.54) is 37.5 Å². The van der Waals surface area contributed by atoms with Crippen LogP contribution in [0, 0.1) is 5.41 Å². The average Bonchev–Trinajstić information content (AvgIpc) is 3.34. The number of nitrogens with zero attached hydrogens (tertiary/aromatic N) is 2. The molecule has 0 saturated heterocycles. The van der Waals surface area contributed by atoms with Crippen LogP contribution in [0.3, 0.4) is 0 Å². The quantitative estimate of drug-likeness (QED) is 0.278. The van der Waals surface area contributed by atoms with Crippen LogP contribution in [0.4, 0.5) is 5.69 Å². The van der Waals surface area contributed by atoms with E-state index in [0.29, 0.717) is 0 Å². The Morgan fingerprint density at radius 1 is 1.00 bits per heavy atom. The Balaban J connectivity index is 1.41. The van der Waals surface area contributed by atoms with Crippen molar-refractivity contribution >= 4 is 45.4 Å². The summed E-state index contributed by atoms with van der Waals surface area (Å²) < 4.78 is 8.55. The molecule has 3 aromatic carbocycles. The molecule has 0 saturated carbocycles. The van der Waals surface area contributed by atoms with Gasteiger partial charge in [-0.1, -0.05) is 68.1 Å². The molecule has 176 valence electrons. The van der Waals surface area contributed by atoms with E-state index in [4.69, 9.17) is 4.42 Å². The van der Waals surface area contributed by atoms with Gasteiger partial charge in [-0.2, -0.15) is 4.57 Å². The zero-order chi connectivity index (χ0) is 24.2. The largest absolute Gasteiger partial charge is 0.398 e. The van der Waals surface area contributed by atoms with Crippen LogP contribution in [0.15, 0.2) is 98.3 Å². The summed E-state index contributed by atoms with van der Waals surface area (Å²) in [5.41, 5.74) is 6.28. The third-order valence-corrected chi connectivity index (χ3v) is 8.16. The van der Waals surface area contributed by atoms with Crippen LogP contribution >= 0.6 is 11.8 Å². The number of hydrogen-bond acceptors (Lipinski definition) is 3. The monoisotopic (exact) mass is 479 g/mol. The van der Waals surface area contributed by atoms with Gasteiger partial charge in [0.1, 0.15) is 7.05 Å². The third kappa shape index (κ3) is 4.00. The van der Waals surface area contributed by atoms with Crippen molar-refractivity contribution in [1.29, 1.82) is 0 Å². The highest BCUT2D eigenvalue weighted by Crippen LogP contribution is 2.47. The molecule has 0 fully saturated rings. The third-order valence-electron chi connectivity index (χ3n) is 7.05. The first kappa shape index (κ1) is 22.2. The molecule has 1 aliphatic carbocycles. The molecule has 2 aliphatic rings.